The van der Waals surface area contributed by atoms with Crippen LogP contribution in [0.1, 0.15) is 65.7 Å². The van der Waals surface area contributed by atoms with Crippen LogP contribution in [0.4, 0.5) is 0 Å². The number of carboxylic acid groups (broad SMARTS) is 1. The van der Waals surface area contributed by atoms with Gasteiger partial charge in [-0.05, 0) is 38.5 Å². The van der Waals surface area contributed by atoms with Crippen LogP contribution in [0.2, 0.25) is 0 Å². The van der Waals surface area contributed by atoms with Gasteiger partial charge in [-0.15, -0.1) is 0 Å². The van der Waals surface area contributed by atoms with Crippen molar-refractivity contribution in [2.75, 3.05) is 26.2 Å². The van der Waals surface area contributed by atoms with Crippen LogP contribution < -0.4 is 49.1 Å². The molecule has 0 aromatic rings. The number of nitrogens with two attached hydrogens (primary N) is 3. The second-order valence-corrected chi connectivity index (χ2v) is 12.1. The first-order chi connectivity index (χ1) is 23.9. The van der Waals surface area contributed by atoms with Crippen LogP contribution >= 0.6 is 0 Å². The predicted octanol–water partition coefficient (Wildman–Crippen LogP) is -5.21. The third-order valence-electron chi connectivity index (χ3n) is 8.09. The van der Waals surface area contributed by atoms with E-state index in [1.165, 1.54) is 11.8 Å². The zero-order chi connectivity index (χ0) is 38.8. The average Bonchev–Trinajstić information content (AvgIpc) is 3.57. The number of nitrogens with one attached hydrogen (secondary N) is 6. The Morgan fingerprint density at radius 1 is 0.765 bits per heavy atom. The van der Waals surface area contributed by atoms with E-state index in [0.29, 0.717) is 25.8 Å². The lowest BCUT2D eigenvalue weighted by Crippen LogP contribution is -2.57. The third-order valence-corrected chi connectivity index (χ3v) is 8.09. The lowest BCUT2D eigenvalue weighted by atomic mass is 9.98. The number of hydrogen-bond donors (Lipinski definition) is 10. The topological polar surface area (TPSA) is 344 Å². The molecule has 1 aliphatic heterocycles. The summed E-state index contributed by atoms with van der Waals surface area (Å²) in [5, 5.41) is 23.4. The smallest absolute Gasteiger partial charge is 0.326 e. The van der Waals surface area contributed by atoms with E-state index in [9.17, 15) is 53.1 Å². The van der Waals surface area contributed by atoms with Crippen molar-refractivity contribution in [2.24, 2.45) is 23.1 Å². The maximum absolute atomic E-state index is 13.1. The molecule has 0 aromatic heterocycles. The molecule has 0 aromatic carbocycles. The number of primary amides is 2. The minimum Gasteiger partial charge on any atom is -0.480 e. The first-order valence-electron chi connectivity index (χ1n) is 16.4. The Morgan fingerprint density at radius 2 is 1.31 bits per heavy atom. The molecule has 21 nitrogen and oxygen atoms in total. The van der Waals surface area contributed by atoms with Gasteiger partial charge in [0.25, 0.3) is 0 Å². The SMILES string of the molecule is CC[C@H](C)[C@H](NC(=O)CNC(=O)[C@H](CCC(N)=O)NC(=O)[C@@H]1CCCN1C(=O)CN)C(=O)N[C@@H](C)C(=O)NCC(=O)N[C@@H](CCC(N)=O)C(=O)O. The van der Waals surface area contributed by atoms with Crippen molar-refractivity contribution >= 4 is 59.1 Å². The first kappa shape index (κ1) is 43.7. The minimum absolute atomic E-state index is 0.193. The van der Waals surface area contributed by atoms with Crippen LogP contribution in [-0.4, -0.2) is 126 Å². The van der Waals surface area contributed by atoms with E-state index < -0.39 is 108 Å². The lowest BCUT2D eigenvalue weighted by molar-refractivity contribution is -0.142. The summed E-state index contributed by atoms with van der Waals surface area (Å²) in [4.78, 5) is 124. The number of aliphatic carboxylic acids is 1. The normalized spacial score (nSPS) is 16.6. The van der Waals surface area contributed by atoms with Gasteiger partial charge in [0.15, 0.2) is 0 Å². The molecule has 0 saturated carbocycles. The van der Waals surface area contributed by atoms with Crippen LogP contribution in [0, 0.1) is 5.92 Å². The van der Waals surface area contributed by atoms with E-state index in [1.54, 1.807) is 13.8 Å². The Morgan fingerprint density at radius 3 is 1.84 bits per heavy atom. The molecule has 1 heterocycles. The number of likely N-dealkylation sites (tertiary alicyclic amines) is 1. The Bertz CT molecular complexity index is 1330. The molecule has 286 valence electrons. The first-order valence-corrected chi connectivity index (χ1v) is 16.4. The van der Waals surface area contributed by atoms with Crippen molar-refractivity contribution in [3.63, 3.8) is 0 Å². The van der Waals surface area contributed by atoms with Gasteiger partial charge in [-0.3, -0.25) is 43.2 Å². The predicted molar refractivity (Wildman–Crippen MR) is 177 cm³/mol. The summed E-state index contributed by atoms with van der Waals surface area (Å²) in [6.07, 6.45) is 0.289. The number of rotatable bonds is 22. The van der Waals surface area contributed by atoms with Crippen LogP contribution in [-0.2, 0) is 47.9 Å². The maximum Gasteiger partial charge on any atom is 0.326 e. The van der Waals surface area contributed by atoms with E-state index in [1.807, 2.05) is 0 Å². The Labute approximate surface area is 294 Å². The molecule has 0 spiro atoms. The van der Waals surface area contributed by atoms with Gasteiger partial charge in [0.05, 0.1) is 19.6 Å². The molecule has 1 aliphatic rings. The lowest BCUT2D eigenvalue weighted by Gasteiger charge is -2.26. The molecule has 1 fully saturated rings. The van der Waals surface area contributed by atoms with Gasteiger partial charge in [0.1, 0.15) is 30.2 Å². The standard InChI is InChI=1S/C30H50N10O11/c1-4-15(2)25(29(49)36-16(3)26(46)34-13-22(43)37-18(30(50)51)8-10-21(33)42)39-23(44)14-35-27(47)17(7-9-20(32)41)38-28(48)19-6-5-11-40(19)24(45)12-31/h15-19,25H,4-14,31H2,1-3H3,(H2,32,41)(H2,33,42)(H,34,46)(H,35,47)(H,36,49)(H,37,43)(H,38,48)(H,39,44)(H,50,51)/t15-,16-,17-,18-,19-,25-/m0/s1. The molecule has 9 amide bonds. The molecule has 6 atom stereocenters. The zero-order valence-corrected chi connectivity index (χ0v) is 29.0. The largest absolute Gasteiger partial charge is 0.480 e. The van der Waals surface area contributed by atoms with Crippen molar-refractivity contribution in [1.29, 1.82) is 0 Å². The van der Waals surface area contributed by atoms with Gasteiger partial charge in [0, 0.05) is 19.4 Å². The monoisotopic (exact) mass is 726 g/mol. The second-order valence-electron chi connectivity index (χ2n) is 12.1. The molecule has 0 aliphatic carbocycles. The highest BCUT2D eigenvalue weighted by atomic mass is 16.4. The summed E-state index contributed by atoms with van der Waals surface area (Å²) in [5.41, 5.74) is 15.7. The number of carbonyl (C=O) groups excluding carboxylic acids is 9. The molecular formula is C30H50N10O11. The Hall–Kier alpha value is -5.34. The molecule has 13 N–H and O–H groups in total. The highest BCUT2D eigenvalue weighted by Gasteiger charge is 2.36. The highest BCUT2D eigenvalue weighted by molar-refractivity contribution is 5.96. The van der Waals surface area contributed by atoms with E-state index in [2.05, 4.69) is 31.9 Å². The molecule has 0 bridgehead atoms. The van der Waals surface area contributed by atoms with Crippen molar-refractivity contribution in [3.8, 4) is 0 Å². The summed E-state index contributed by atoms with van der Waals surface area (Å²) < 4.78 is 0. The van der Waals surface area contributed by atoms with E-state index in [4.69, 9.17) is 17.2 Å². The van der Waals surface area contributed by atoms with Crippen molar-refractivity contribution < 1.29 is 53.1 Å². The minimum atomic E-state index is -1.42. The van der Waals surface area contributed by atoms with Gasteiger partial charge in [0.2, 0.25) is 53.2 Å². The summed E-state index contributed by atoms with van der Waals surface area (Å²) in [6.45, 7) is 3.45. The van der Waals surface area contributed by atoms with Crippen molar-refractivity contribution in [3.05, 3.63) is 0 Å². The summed E-state index contributed by atoms with van der Waals surface area (Å²) in [7, 11) is 0. The fourth-order valence-electron chi connectivity index (χ4n) is 4.97. The Kier molecular flexibility index (Phi) is 18.6. The van der Waals surface area contributed by atoms with Gasteiger partial charge in [-0.2, -0.15) is 0 Å². The second kappa shape index (κ2) is 21.7. The molecule has 0 unspecified atom stereocenters. The third kappa shape index (κ3) is 15.4. The van der Waals surface area contributed by atoms with Crippen molar-refractivity contribution in [2.45, 2.75) is 95.9 Å². The van der Waals surface area contributed by atoms with Crippen LogP contribution in [0.25, 0.3) is 0 Å². The number of carboxylic acids is 1. The van der Waals surface area contributed by atoms with Crippen molar-refractivity contribution in [1.82, 2.24) is 36.8 Å². The Balaban J connectivity index is 2.79. The summed E-state index contributed by atoms with van der Waals surface area (Å²) >= 11 is 0. The van der Waals surface area contributed by atoms with Crippen LogP contribution in [0.3, 0.4) is 0 Å². The van der Waals surface area contributed by atoms with Crippen LogP contribution in [0.5, 0.6) is 0 Å². The molecule has 0 radical (unpaired) electrons. The molecule has 1 saturated heterocycles. The number of amides is 9. The van der Waals surface area contributed by atoms with E-state index in [-0.39, 0.29) is 32.2 Å². The van der Waals surface area contributed by atoms with Gasteiger partial charge < -0.3 is 59.1 Å². The summed E-state index contributed by atoms with van der Waals surface area (Å²) in [6, 6.07) is -5.94. The van der Waals surface area contributed by atoms with E-state index in [0.717, 1.165) is 0 Å². The molecule has 21 heteroatoms. The summed E-state index contributed by atoms with van der Waals surface area (Å²) in [5.74, 6) is -8.48. The number of carbonyl (C=O) groups is 10. The molecule has 1 rings (SSSR count). The fraction of sp³-hybridized carbons (Fsp3) is 0.667. The number of hydrogen-bond acceptors (Lipinski definition) is 11. The quantitative estimate of drug-likeness (QED) is 0.0501. The molecular weight excluding hydrogens is 676 g/mol. The van der Waals surface area contributed by atoms with E-state index >= 15 is 0 Å². The van der Waals surface area contributed by atoms with Crippen LogP contribution in [0.15, 0.2) is 0 Å². The van der Waals surface area contributed by atoms with Gasteiger partial charge in [-0.25, -0.2) is 4.79 Å². The fourth-order valence-corrected chi connectivity index (χ4v) is 4.97. The zero-order valence-electron chi connectivity index (χ0n) is 29.0. The number of nitrogens with zero attached hydrogens (tertiary/aromatic N) is 1. The average molecular weight is 727 g/mol. The van der Waals surface area contributed by atoms with Gasteiger partial charge >= 0.3 is 5.97 Å². The highest BCUT2D eigenvalue weighted by Crippen LogP contribution is 2.18. The molecule has 51 heavy (non-hydrogen) atoms. The maximum atomic E-state index is 13.1. The van der Waals surface area contributed by atoms with Gasteiger partial charge in [-0.1, -0.05) is 20.3 Å².